The lowest BCUT2D eigenvalue weighted by Crippen LogP contribution is -2.34. The molecule has 0 aromatic heterocycles. The van der Waals surface area contributed by atoms with Crippen molar-refractivity contribution in [2.45, 2.75) is 38.3 Å². The highest BCUT2D eigenvalue weighted by molar-refractivity contribution is 7.91. The van der Waals surface area contributed by atoms with Gasteiger partial charge in [-0.2, -0.15) is 0 Å². The van der Waals surface area contributed by atoms with Gasteiger partial charge in [0.25, 0.3) is 0 Å². The van der Waals surface area contributed by atoms with E-state index in [0.29, 0.717) is 12.2 Å². The van der Waals surface area contributed by atoms with Crippen molar-refractivity contribution in [2.24, 2.45) is 0 Å². The molecule has 3 rings (SSSR count). The molecular weight excluding hydrogens is 274 g/mol. The first-order chi connectivity index (χ1) is 9.28. The molecule has 0 amide bonds. The predicted octanol–water partition coefficient (Wildman–Crippen LogP) is 1.46. The van der Waals surface area contributed by atoms with Crippen molar-refractivity contribution in [1.29, 1.82) is 0 Å². The molecule has 1 saturated heterocycles. The van der Waals surface area contributed by atoms with Crippen molar-refractivity contribution in [2.75, 3.05) is 23.0 Å². The Morgan fingerprint density at radius 3 is 2.70 bits per heavy atom. The second kappa shape index (κ2) is 4.46. The zero-order chi connectivity index (χ0) is 14.5. The van der Waals surface area contributed by atoms with Crippen molar-refractivity contribution in [3.8, 4) is 0 Å². The minimum Gasteiger partial charge on any atom is -0.386 e. The average Bonchev–Trinajstić information content (AvgIpc) is 2.90. The lowest BCUT2D eigenvalue weighted by molar-refractivity contribution is 0.0778. The summed E-state index contributed by atoms with van der Waals surface area (Å²) >= 11 is 0. The Labute approximate surface area is 120 Å². The number of anilines is 1. The van der Waals surface area contributed by atoms with E-state index in [4.69, 9.17) is 0 Å². The van der Waals surface area contributed by atoms with Gasteiger partial charge in [-0.1, -0.05) is 12.1 Å². The van der Waals surface area contributed by atoms with Gasteiger partial charge < -0.3 is 10.0 Å². The van der Waals surface area contributed by atoms with Gasteiger partial charge in [0.1, 0.15) is 0 Å². The number of hydrogen-bond acceptors (Lipinski definition) is 4. The van der Waals surface area contributed by atoms with E-state index in [1.165, 1.54) is 5.56 Å². The van der Waals surface area contributed by atoms with Crippen LogP contribution in [0.25, 0.3) is 0 Å². The molecular formula is C15H21NO3S. The van der Waals surface area contributed by atoms with Crippen LogP contribution in [0.4, 0.5) is 5.69 Å². The van der Waals surface area contributed by atoms with Crippen LogP contribution in [0.3, 0.4) is 0 Å². The highest BCUT2D eigenvalue weighted by Gasteiger charge is 2.36. The van der Waals surface area contributed by atoms with Crippen LogP contribution in [0.1, 0.15) is 31.4 Å². The van der Waals surface area contributed by atoms with Gasteiger partial charge in [0.2, 0.25) is 0 Å². The van der Waals surface area contributed by atoms with Gasteiger partial charge in [-0.3, -0.25) is 0 Å². The molecule has 2 aliphatic rings. The summed E-state index contributed by atoms with van der Waals surface area (Å²) in [4.78, 5) is 2.22. The van der Waals surface area contributed by atoms with Gasteiger partial charge in [-0.15, -0.1) is 0 Å². The van der Waals surface area contributed by atoms with Gasteiger partial charge in [0.15, 0.2) is 9.84 Å². The quantitative estimate of drug-likeness (QED) is 0.897. The standard InChI is InChI=1S/C15H21NO3S/c1-15(2,17)13-4-3-5-14-12(13)6-8-16(14)11-7-9-20(18,19)10-11/h3-5,11,17H,6-10H2,1-2H3. The first-order valence-corrected chi connectivity index (χ1v) is 8.92. The van der Waals surface area contributed by atoms with Crippen LogP contribution in [-0.2, 0) is 21.9 Å². The number of rotatable bonds is 2. The van der Waals surface area contributed by atoms with E-state index in [1.54, 1.807) is 13.8 Å². The monoisotopic (exact) mass is 295 g/mol. The maximum atomic E-state index is 11.7. The van der Waals surface area contributed by atoms with Gasteiger partial charge in [-0.25, -0.2) is 8.42 Å². The van der Waals surface area contributed by atoms with Crippen LogP contribution in [0.2, 0.25) is 0 Å². The molecule has 0 spiro atoms. The van der Waals surface area contributed by atoms with Crippen LogP contribution in [-0.4, -0.2) is 37.6 Å². The van der Waals surface area contributed by atoms with Crippen LogP contribution in [0.15, 0.2) is 18.2 Å². The third kappa shape index (κ3) is 2.33. The Bertz CT molecular complexity index is 631. The van der Waals surface area contributed by atoms with Crippen LogP contribution < -0.4 is 4.90 Å². The summed E-state index contributed by atoms with van der Waals surface area (Å²) in [5.41, 5.74) is 2.37. The Morgan fingerprint density at radius 2 is 2.10 bits per heavy atom. The fourth-order valence-corrected chi connectivity index (χ4v) is 5.16. The number of hydrogen-bond donors (Lipinski definition) is 1. The maximum Gasteiger partial charge on any atom is 0.152 e. The molecule has 5 heteroatoms. The minimum atomic E-state index is -2.87. The molecule has 4 nitrogen and oxygen atoms in total. The van der Waals surface area contributed by atoms with E-state index in [-0.39, 0.29) is 11.8 Å². The molecule has 1 atom stereocenters. The molecule has 0 bridgehead atoms. The lowest BCUT2D eigenvalue weighted by atomic mass is 9.92. The smallest absolute Gasteiger partial charge is 0.152 e. The lowest BCUT2D eigenvalue weighted by Gasteiger charge is -2.27. The summed E-state index contributed by atoms with van der Waals surface area (Å²) in [6.45, 7) is 4.44. The molecule has 0 aliphatic carbocycles. The molecule has 20 heavy (non-hydrogen) atoms. The van der Waals surface area contributed by atoms with Gasteiger partial charge in [-0.05, 0) is 43.9 Å². The molecule has 1 aromatic carbocycles. The van der Waals surface area contributed by atoms with Gasteiger partial charge >= 0.3 is 0 Å². The molecule has 1 N–H and O–H groups in total. The summed E-state index contributed by atoms with van der Waals surface area (Å²) in [5.74, 6) is 0.563. The second-order valence-corrected chi connectivity index (χ2v) is 8.59. The van der Waals surface area contributed by atoms with Crippen molar-refractivity contribution in [1.82, 2.24) is 0 Å². The van der Waals surface area contributed by atoms with Crippen molar-refractivity contribution in [3.05, 3.63) is 29.3 Å². The zero-order valence-corrected chi connectivity index (χ0v) is 12.8. The third-order valence-corrected chi connectivity index (χ3v) is 6.12. The number of benzene rings is 1. The molecule has 0 saturated carbocycles. The fraction of sp³-hybridized carbons (Fsp3) is 0.600. The molecule has 1 aromatic rings. The highest BCUT2D eigenvalue weighted by Crippen LogP contribution is 2.38. The van der Waals surface area contributed by atoms with Crippen molar-refractivity contribution >= 4 is 15.5 Å². The minimum absolute atomic E-state index is 0.0957. The average molecular weight is 295 g/mol. The molecule has 110 valence electrons. The largest absolute Gasteiger partial charge is 0.386 e. The Morgan fingerprint density at radius 1 is 1.35 bits per heavy atom. The van der Waals surface area contributed by atoms with Crippen molar-refractivity contribution in [3.63, 3.8) is 0 Å². The zero-order valence-electron chi connectivity index (χ0n) is 12.0. The van der Waals surface area contributed by atoms with E-state index >= 15 is 0 Å². The molecule has 2 aliphatic heterocycles. The second-order valence-electron chi connectivity index (χ2n) is 6.36. The van der Waals surface area contributed by atoms with Crippen molar-refractivity contribution < 1.29 is 13.5 Å². The fourth-order valence-electron chi connectivity index (χ4n) is 3.43. The summed E-state index contributed by atoms with van der Waals surface area (Å²) in [7, 11) is -2.87. The van der Waals surface area contributed by atoms with Crippen LogP contribution in [0.5, 0.6) is 0 Å². The first-order valence-electron chi connectivity index (χ1n) is 7.10. The Kier molecular flexibility index (Phi) is 3.10. The topological polar surface area (TPSA) is 57.6 Å². The number of sulfone groups is 1. The SMILES string of the molecule is CC(C)(O)c1cccc2c1CCN2C1CCS(=O)(=O)C1. The maximum absolute atomic E-state index is 11.7. The summed E-state index contributed by atoms with van der Waals surface area (Å²) < 4.78 is 23.3. The van der Waals surface area contributed by atoms with Gasteiger partial charge in [0.05, 0.1) is 17.1 Å². The summed E-state index contributed by atoms with van der Waals surface area (Å²) in [5, 5.41) is 10.3. The number of fused-ring (bicyclic) bond motifs is 1. The van der Waals surface area contributed by atoms with Gasteiger partial charge in [0, 0.05) is 18.3 Å². The third-order valence-electron chi connectivity index (χ3n) is 4.37. The van der Waals surface area contributed by atoms with Crippen LogP contribution >= 0.6 is 0 Å². The molecule has 2 heterocycles. The number of nitrogens with zero attached hydrogens (tertiary/aromatic N) is 1. The normalized spacial score (nSPS) is 24.9. The van der Waals surface area contributed by atoms with Crippen LogP contribution in [0, 0.1) is 0 Å². The molecule has 0 radical (unpaired) electrons. The highest BCUT2D eigenvalue weighted by atomic mass is 32.2. The number of aliphatic hydroxyl groups is 1. The Hall–Kier alpha value is -1.07. The predicted molar refractivity (Wildman–Crippen MR) is 79.8 cm³/mol. The molecule has 1 fully saturated rings. The summed E-state index contributed by atoms with van der Waals surface area (Å²) in [6.07, 6.45) is 1.60. The summed E-state index contributed by atoms with van der Waals surface area (Å²) in [6, 6.07) is 6.06. The van der Waals surface area contributed by atoms with E-state index in [9.17, 15) is 13.5 Å². The van der Waals surface area contributed by atoms with E-state index in [2.05, 4.69) is 4.90 Å². The van der Waals surface area contributed by atoms with E-state index in [1.807, 2.05) is 18.2 Å². The molecule has 1 unspecified atom stereocenters. The van der Waals surface area contributed by atoms with E-state index in [0.717, 1.165) is 24.2 Å². The first kappa shape index (κ1) is 13.9. The van der Waals surface area contributed by atoms with E-state index < -0.39 is 15.4 Å². The Balaban J connectivity index is 1.96.